The third kappa shape index (κ3) is 3.42. The summed E-state index contributed by atoms with van der Waals surface area (Å²) in [5, 5.41) is 12.3. The Kier molecular flexibility index (Phi) is 4.83. The van der Waals surface area contributed by atoms with Crippen LogP contribution in [-0.4, -0.2) is 23.5 Å². The van der Waals surface area contributed by atoms with Gasteiger partial charge < -0.3 is 15.3 Å². The van der Waals surface area contributed by atoms with Crippen molar-refractivity contribution in [2.24, 2.45) is 0 Å². The Labute approximate surface area is 144 Å². The van der Waals surface area contributed by atoms with E-state index in [0.29, 0.717) is 40.5 Å². The summed E-state index contributed by atoms with van der Waals surface area (Å²) in [5.74, 6) is -0.303. The van der Waals surface area contributed by atoms with Crippen LogP contribution < -0.4 is 10.2 Å². The van der Waals surface area contributed by atoms with Crippen molar-refractivity contribution in [3.8, 4) is 0 Å². The number of aliphatic hydroxyl groups excluding tert-OH is 1. The van der Waals surface area contributed by atoms with Crippen LogP contribution in [0.4, 0.5) is 11.4 Å². The average molecular weight is 345 g/mol. The molecule has 0 aliphatic carbocycles. The van der Waals surface area contributed by atoms with E-state index in [4.69, 9.17) is 16.7 Å². The Balaban J connectivity index is 1.84. The summed E-state index contributed by atoms with van der Waals surface area (Å²) in [6.07, 6.45) is 1.34. The minimum atomic E-state index is -0.358. The van der Waals surface area contributed by atoms with Gasteiger partial charge in [-0.25, -0.2) is 0 Å². The maximum atomic E-state index is 12.5. The van der Waals surface area contributed by atoms with Crippen LogP contribution >= 0.6 is 11.6 Å². The van der Waals surface area contributed by atoms with Crippen molar-refractivity contribution in [3.05, 3.63) is 58.6 Å². The molecule has 1 aliphatic rings. The van der Waals surface area contributed by atoms with E-state index in [2.05, 4.69) is 5.32 Å². The summed E-state index contributed by atoms with van der Waals surface area (Å²) in [7, 11) is 0. The second kappa shape index (κ2) is 7.03. The van der Waals surface area contributed by atoms with Gasteiger partial charge in [-0.15, -0.1) is 0 Å². The predicted molar refractivity (Wildman–Crippen MR) is 93.4 cm³/mol. The number of benzene rings is 2. The zero-order valence-corrected chi connectivity index (χ0v) is 13.7. The fraction of sp³-hybridized carbons (Fsp3) is 0.222. The molecule has 1 saturated heterocycles. The van der Waals surface area contributed by atoms with E-state index < -0.39 is 0 Å². The van der Waals surface area contributed by atoms with E-state index in [0.717, 1.165) is 6.42 Å². The first-order chi connectivity index (χ1) is 11.6. The van der Waals surface area contributed by atoms with Crippen molar-refractivity contribution in [1.82, 2.24) is 0 Å². The Morgan fingerprint density at radius 3 is 2.79 bits per heavy atom. The van der Waals surface area contributed by atoms with Crippen LogP contribution in [0.15, 0.2) is 42.5 Å². The molecule has 6 heteroatoms. The number of hydrogen-bond donors (Lipinski definition) is 2. The highest BCUT2D eigenvalue weighted by atomic mass is 35.5. The van der Waals surface area contributed by atoms with Crippen molar-refractivity contribution in [3.63, 3.8) is 0 Å². The summed E-state index contributed by atoms with van der Waals surface area (Å²) in [5.41, 5.74) is 2.26. The van der Waals surface area contributed by atoms with Crippen LogP contribution in [0.2, 0.25) is 5.02 Å². The van der Waals surface area contributed by atoms with Crippen LogP contribution in [-0.2, 0) is 11.4 Å². The Hall–Kier alpha value is -2.37. The van der Waals surface area contributed by atoms with E-state index in [1.807, 2.05) is 0 Å². The quantitative estimate of drug-likeness (QED) is 0.894. The molecule has 5 nitrogen and oxygen atoms in total. The maximum absolute atomic E-state index is 12.5. The number of carbonyl (C=O) groups is 2. The number of halogens is 1. The minimum absolute atomic E-state index is 0.0549. The number of aliphatic hydroxyl groups is 1. The lowest BCUT2D eigenvalue weighted by Crippen LogP contribution is -2.24. The van der Waals surface area contributed by atoms with Gasteiger partial charge in [0.15, 0.2) is 0 Å². The molecule has 0 radical (unpaired) electrons. The zero-order chi connectivity index (χ0) is 17.1. The molecule has 1 heterocycles. The van der Waals surface area contributed by atoms with Gasteiger partial charge in [0.2, 0.25) is 5.91 Å². The Bertz CT molecular complexity index is 792. The minimum Gasteiger partial charge on any atom is -0.392 e. The summed E-state index contributed by atoms with van der Waals surface area (Å²) in [4.78, 5) is 26.1. The van der Waals surface area contributed by atoms with Crippen LogP contribution in [0, 0.1) is 0 Å². The van der Waals surface area contributed by atoms with Gasteiger partial charge in [-0.3, -0.25) is 9.59 Å². The summed E-state index contributed by atoms with van der Waals surface area (Å²) in [6, 6.07) is 12.0. The first-order valence-corrected chi connectivity index (χ1v) is 8.07. The normalized spacial score (nSPS) is 14.1. The highest BCUT2D eigenvalue weighted by Gasteiger charge is 2.23. The molecule has 1 aliphatic heterocycles. The Morgan fingerprint density at radius 2 is 2.08 bits per heavy atom. The second-order valence-corrected chi connectivity index (χ2v) is 6.03. The lowest BCUT2D eigenvalue weighted by molar-refractivity contribution is -0.117. The second-order valence-electron chi connectivity index (χ2n) is 5.63. The fourth-order valence-corrected chi connectivity index (χ4v) is 2.93. The topological polar surface area (TPSA) is 69.6 Å². The maximum Gasteiger partial charge on any atom is 0.257 e. The summed E-state index contributed by atoms with van der Waals surface area (Å²) in [6.45, 7) is 0.553. The van der Waals surface area contributed by atoms with Crippen LogP contribution in [0.1, 0.15) is 28.8 Å². The average Bonchev–Trinajstić information content (AvgIpc) is 3.01. The number of nitrogens with one attached hydrogen (secondary N) is 1. The number of carbonyl (C=O) groups excluding carboxylic acids is 2. The molecule has 0 bridgehead atoms. The molecule has 0 atom stereocenters. The van der Waals surface area contributed by atoms with Crippen LogP contribution in [0.3, 0.4) is 0 Å². The van der Waals surface area contributed by atoms with Gasteiger partial charge in [-0.05, 0) is 42.3 Å². The van der Waals surface area contributed by atoms with Crippen molar-refractivity contribution >= 4 is 34.8 Å². The number of rotatable bonds is 4. The van der Waals surface area contributed by atoms with Crippen molar-refractivity contribution in [2.75, 3.05) is 16.8 Å². The monoisotopic (exact) mass is 344 g/mol. The van der Waals surface area contributed by atoms with Crippen LogP contribution in [0.25, 0.3) is 0 Å². The summed E-state index contributed by atoms with van der Waals surface area (Å²) < 4.78 is 0. The van der Waals surface area contributed by atoms with Gasteiger partial charge in [0.05, 0.1) is 17.2 Å². The lowest BCUT2D eigenvalue weighted by atomic mass is 10.1. The third-order valence-electron chi connectivity index (χ3n) is 3.95. The molecule has 0 saturated carbocycles. The molecule has 0 aromatic heterocycles. The smallest absolute Gasteiger partial charge is 0.257 e. The van der Waals surface area contributed by atoms with E-state index in [1.165, 1.54) is 0 Å². The number of nitrogens with zero attached hydrogens (tertiary/aromatic N) is 1. The van der Waals surface area contributed by atoms with E-state index in [-0.39, 0.29) is 18.4 Å². The molecule has 2 N–H and O–H groups in total. The van der Waals surface area contributed by atoms with Crippen molar-refractivity contribution in [2.45, 2.75) is 19.4 Å². The SMILES string of the molecule is O=C(Nc1cccc(CO)c1)c1cc(N2CCCC2=O)ccc1Cl. The lowest BCUT2D eigenvalue weighted by Gasteiger charge is -2.17. The molecule has 0 unspecified atom stereocenters. The molecular weight excluding hydrogens is 328 g/mol. The van der Waals surface area contributed by atoms with Gasteiger partial charge in [0.25, 0.3) is 5.91 Å². The molecular formula is C18H17ClN2O3. The fourth-order valence-electron chi connectivity index (χ4n) is 2.72. The molecule has 1 fully saturated rings. The number of amides is 2. The van der Waals surface area contributed by atoms with Crippen molar-refractivity contribution < 1.29 is 14.7 Å². The van der Waals surface area contributed by atoms with Gasteiger partial charge in [0.1, 0.15) is 0 Å². The van der Waals surface area contributed by atoms with Gasteiger partial charge >= 0.3 is 0 Å². The molecule has 0 spiro atoms. The van der Waals surface area contributed by atoms with E-state index in [9.17, 15) is 9.59 Å². The largest absolute Gasteiger partial charge is 0.392 e. The Morgan fingerprint density at radius 1 is 1.25 bits per heavy atom. The van der Waals surface area contributed by atoms with E-state index >= 15 is 0 Å². The molecule has 2 aromatic rings. The predicted octanol–water partition coefficient (Wildman–Crippen LogP) is 3.21. The number of anilines is 2. The van der Waals surface area contributed by atoms with Gasteiger partial charge in [-0.1, -0.05) is 23.7 Å². The third-order valence-corrected chi connectivity index (χ3v) is 4.28. The van der Waals surface area contributed by atoms with Crippen molar-refractivity contribution in [1.29, 1.82) is 0 Å². The number of hydrogen-bond acceptors (Lipinski definition) is 3. The first kappa shape index (κ1) is 16.5. The molecule has 3 rings (SSSR count). The van der Waals surface area contributed by atoms with Gasteiger partial charge in [0, 0.05) is 24.3 Å². The molecule has 2 amide bonds. The standard InChI is InChI=1S/C18H17ClN2O3/c19-16-7-6-14(21-8-2-5-17(21)23)10-15(16)18(24)20-13-4-1-3-12(9-13)11-22/h1,3-4,6-7,9-10,22H,2,5,8,11H2,(H,20,24). The highest BCUT2D eigenvalue weighted by molar-refractivity contribution is 6.34. The van der Waals surface area contributed by atoms with Crippen LogP contribution in [0.5, 0.6) is 0 Å². The summed E-state index contributed by atoms with van der Waals surface area (Å²) >= 11 is 6.15. The first-order valence-electron chi connectivity index (χ1n) is 7.69. The molecule has 24 heavy (non-hydrogen) atoms. The van der Waals surface area contributed by atoms with Gasteiger partial charge in [-0.2, -0.15) is 0 Å². The molecule has 124 valence electrons. The molecule has 2 aromatic carbocycles. The van der Waals surface area contributed by atoms with E-state index in [1.54, 1.807) is 47.4 Å². The zero-order valence-electron chi connectivity index (χ0n) is 13.0. The highest BCUT2D eigenvalue weighted by Crippen LogP contribution is 2.27.